The molecule has 3 atom stereocenters. The summed E-state index contributed by atoms with van der Waals surface area (Å²) < 4.78 is 5.40. The average molecular weight is 528 g/mol. The first kappa shape index (κ1) is 30.5. The summed E-state index contributed by atoms with van der Waals surface area (Å²) in [4.78, 5) is 41.7. The summed E-state index contributed by atoms with van der Waals surface area (Å²) in [7, 11) is 0. The number of hydrogen-bond donors (Lipinski definition) is 4. The Morgan fingerprint density at radius 2 is 1.63 bits per heavy atom. The fourth-order valence-corrected chi connectivity index (χ4v) is 4.18. The molecule has 3 amide bonds. The van der Waals surface area contributed by atoms with Crippen molar-refractivity contribution in [2.24, 2.45) is 0 Å². The Balaban J connectivity index is 2.47. The van der Waals surface area contributed by atoms with Crippen LogP contribution in [0.15, 0.2) is 48.5 Å². The Morgan fingerprint density at radius 3 is 2.18 bits per heavy atom. The number of hydrogen-bond acceptors (Lipinski definition) is 6. The van der Waals surface area contributed by atoms with E-state index in [0.29, 0.717) is 11.1 Å². The normalized spacial score (nSPS) is 13.6. The van der Waals surface area contributed by atoms with Gasteiger partial charge in [0.15, 0.2) is 0 Å². The van der Waals surface area contributed by atoms with Crippen LogP contribution in [-0.2, 0) is 20.7 Å². The van der Waals surface area contributed by atoms with Gasteiger partial charge in [0.05, 0.1) is 0 Å². The van der Waals surface area contributed by atoms with Crippen molar-refractivity contribution in [2.75, 3.05) is 6.54 Å². The largest absolute Gasteiger partial charge is 0.508 e. The van der Waals surface area contributed by atoms with Crippen molar-refractivity contribution < 1.29 is 29.3 Å². The number of nitrogens with one attached hydrogen (secondary N) is 2. The molecule has 0 spiro atoms. The van der Waals surface area contributed by atoms with Crippen molar-refractivity contribution in [3.05, 3.63) is 59.7 Å². The van der Waals surface area contributed by atoms with E-state index >= 15 is 0 Å². The topological polar surface area (TPSA) is 128 Å². The molecule has 4 N–H and O–H groups in total. The molecule has 0 saturated carbocycles. The Bertz CT molecular complexity index is 1080. The van der Waals surface area contributed by atoms with Crippen molar-refractivity contribution in [3.63, 3.8) is 0 Å². The molecule has 0 saturated heterocycles. The maximum absolute atomic E-state index is 14.0. The van der Waals surface area contributed by atoms with Gasteiger partial charge in [-0.2, -0.15) is 0 Å². The highest BCUT2D eigenvalue weighted by Crippen LogP contribution is 2.26. The molecule has 0 aromatic heterocycles. The molecule has 9 nitrogen and oxygen atoms in total. The number of carbonyl (C=O) groups excluding carboxylic acids is 3. The molecule has 0 aliphatic carbocycles. The number of rotatable bonds is 11. The van der Waals surface area contributed by atoms with Gasteiger partial charge >= 0.3 is 6.09 Å². The Hall–Kier alpha value is -3.75. The van der Waals surface area contributed by atoms with E-state index < -0.39 is 29.7 Å². The van der Waals surface area contributed by atoms with Gasteiger partial charge < -0.3 is 30.5 Å². The van der Waals surface area contributed by atoms with Crippen LogP contribution >= 0.6 is 0 Å². The zero-order valence-corrected chi connectivity index (χ0v) is 23.2. The lowest BCUT2D eigenvalue weighted by atomic mass is 9.99. The summed E-state index contributed by atoms with van der Waals surface area (Å²) >= 11 is 0. The number of alkyl carbamates (subject to hydrolysis) is 1. The van der Waals surface area contributed by atoms with Gasteiger partial charge in [-0.3, -0.25) is 9.59 Å². The summed E-state index contributed by atoms with van der Waals surface area (Å²) in [6, 6.07) is 10.4. The Kier molecular flexibility index (Phi) is 11.0. The molecule has 0 aliphatic heterocycles. The molecule has 9 heteroatoms. The molecule has 2 aromatic carbocycles. The first-order valence-electron chi connectivity index (χ1n) is 13.0. The van der Waals surface area contributed by atoms with E-state index in [9.17, 15) is 24.6 Å². The van der Waals surface area contributed by atoms with Crippen LogP contribution in [0.25, 0.3) is 0 Å². The van der Waals surface area contributed by atoms with Crippen molar-refractivity contribution in [3.8, 4) is 11.5 Å². The number of carbonyl (C=O) groups is 3. The van der Waals surface area contributed by atoms with E-state index in [0.717, 1.165) is 12.8 Å². The van der Waals surface area contributed by atoms with E-state index in [2.05, 4.69) is 10.6 Å². The second-order valence-electron chi connectivity index (χ2n) is 10.4. The van der Waals surface area contributed by atoms with Crippen LogP contribution in [0.3, 0.4) is 0 Å². The number of likely N-dealkylation sites (N-methyl/N-ethyl adjacent to an activating group) is 1. The standard InChI is InChI=1S/C29H41N3O6/c1-7-10-19(3)30-26(35)25(21-11-9-12-23(34)18-21)32(8-2)27(36)24(31-28(37)38-29(4,5)6)17-20-13-15-22(33)16-14-20/h9,11-16,18-19,24-25,33-34H,7-8,10,17H2,1-6H3,(H,30,35)(H,31,37). The van der Waals surface area contributed by atoms with Crippen molar-refractivity contribution in [1.82, 2.24) is 15.5 Å². The number of aromatic hydroxyl groups is 2. The highest BCUT2D eigenvalue weighted by molar-refractivity contribution is 5.92. The fourth-order valence-electron chi connectivity index (χ4n) is 4.18. The van der Waals surface area contributed by atoms with Gasteiger partial charge in [0.1, 0.15) is 29.2 Å². The second-order valence-corrected chi connectivity index (χ2v) is 10.4. The van der Waals surface area contributed by atoms with Crippen LogP contribution < -0.4 is 10.6 Å². The summed E-state index contributed by atoms with van der Waals surface area (Å²) in [5, 5.41) is 25.4. The second kappa shape index (κ2) is 13.7. The monoisotopic (exact) mass is 527 g/mol. The molecular weight excluding hydrogens is 486 g/mol. The average Bonchev–Trinajstić information content (AvgIpc) is 2.81. The summed E-state index contributed by atoms with van der Waals surface area (Å²) in [6.07, 6.45) is 0.988. The lowest BCUT2D eigenvalue weighted by molar-refractivity contribution is -0.142. The van der Waals surface area contributed by atoms with E-state index in [1.54, 1.807) is 52.0 Å². The lowest BCUT2D eigenvalue weighted by Crippen LogP contribution is -2.54. The van der Waals surface area contributed by atoms with Gasteiger partial charge in [-0.1, -0.05) is 37.6 Å². The number of phenols is 2. The molecule has 2 rings (SSSR count). The molecule has 38 heavy (non-hydrogen) atoms. The van der Waals surface area contributed by atoms with Crippen molar-refractivity contribution >= 4 is 17.9 Å². The van der Waals surface area contributed by atoms with Crippen LogP contribution in [0.1, 0.15) is 71.6 Å². The van der Waals surface area contributed by atoms with Crippen molar-refractivity contribution in [1.29, 1.82) is 0 Å². The molecule has 0 bridgehead atoms. The molecule has 0 heterocycles. The minimum absolute atomic E-state index is 0.0297. The van der Waals surface area contributed by atoms with Crippen LogP contribution in [-0.4, -0.2) is 57.3 Å². The summed E-state index contributed by atoms with van der Waals surface area (Å²) in [5.74, 6) is -0.822. The predicted molar refractivity (Wildman–Crippen MR) is 146 cm³/mol. The van der Waals surface area contributed by atoms with Crippen LogP contribution in [0.4, 0.5) is 4.79 Å². The summed E-state index contributed by atoms with van der Waals surface area (Å²) in [5.41, 5.74) is 0.366. The van der Waals surface area contributed by atoms with E-state index in [-0.39, 0.29) is 36.4 Å². The molecule has 0 aliphatic rings. The highest BCUT2D eigenvalue weighted by atomic mass is 16.6. The summed E-state index contributed by atoms with van der Waals surface area (Å²) in [6.45, 7) is 11.0. The number of nitrogens with zero attached hydrogens (tertiary/aromatic N) is 1. The fraction of sp³-hybridized carbons (Fsp3) is 0.483. The number of phenolic OH excluding ortho intramolecular Hbond substituents is 2. The zero-order valence-electron chi connectivity index (χ0n) is 23.2. The Labute approximate surface area is 225 Å². The Morgan fingerprint density at radius 1 is 0.974 bits per heavy atom. The minimum Gasteiger partial charge on any atom is -0.508 e. The van der Waals surface area contributed by atoms with Gasteiger partial charge in [-0.15, -0.1) is 0 Å². The number of amides is 3. The first-order valence-corrected chi connectivity index (χ1v) is 13.0. The maximum Gasteiger partial charge on any atom is 0.408 e. The van der Waals surface area contributed by atoms with Crippen LogP contribution in [0, 0.1) is 0 Å². The molecule has 2 aromatic rings. The van der Waals surface area contributed by atoms with E-state index in [4.69, 9.17) is 4.74 Å². The van der Waals surface area contributed by atoms with Gasteiger partial charge in [-0.05, 0) is 76.4 Å². The molecule has 0 fully saturated rings. The lowest BCUT2D eigenvalue weighted by Gasteiger charge is -2.34. The third-order valence-corrected chi connectivity index (χ3v) is 5.85. The van der Waals surface area contributed by atoms with Gasteiger partial charge in [0.2, 0.25) is 11.8 Å². The van der Waals surface area contributed by atoms with Crippen molar-refractivity contribution in [2.45, 2.75) is 84.5 Å². The van der Waals surface area contributed by atoms with E-state index in [1.165, 1.54) is 29.2 Å². The number of benzene rings is 2. The smallest absolute Gasteiger partial charge is 0.408 e. The third-order valence-electron chi connectivity index (χ3n) is 5.85. The predicted octanol–water partition coefficient (Wildman–Crippen LogP) is 4.43. The third kappa shape index (κ3) is 9.28. The zero-order chi connectivity index (χ0) is 28.5. The molecule has 3 unspecified atom stereocenters. The highest BCUT2D eigenvalue weighted by Gasteiger charge is 2.36. The van der Waals surface area contributed by atoms with Gasteiger partial charge in [0.25, 0.3) is 0 Å². The van der Waals surface area contributed by atoms with Crippen LogP contribution in [0.5, 0.6) is 11.5 Å². The number of ether oxygens (including phenoxy) is 1. The van der Waals surface area contributed by atoms with Gasteiger partial charge in [0, 0.05) is 19.0 Å². The van der Waals surface area contributed by atoms with Crippen LogP contribution in [0.2, 0.25) is 0 Å². The van der Waals surface area contributed by atoms with Gasteiger partial charge in [-0.25, -0.2) is 4.79 Å². The molecule has 0 radical (unpaired) electrons. The van der Waals surface area contributed by atoms with E-state index in [1.807, 2.05) is 13.8 Å². The quantitative estimate of drug-likeness (QED) is 0.342. The maximum atomic E-state index is 14.0. The molecule has 208 valence electrons. The SMILES string of the molecule is CCCC(C)NC(=O)C(c1cccc(O)c1)N(CC)C(=O)C(Cc1ccc(O)cc1)NC(=O)OC(C)(C)C. The minimum atomic E-state index is -1.06. The molecular formula is C29H41N3O6. The first-order chi connectivity index (χ1) is 17.8.